The van der Waals surface area contributed by atoms with Crippen LogP contribution in [0, 0.1) is 6.57 Å². The zero-order valence-electron chi connectivity index (χ0n) is 16.3. The lowest BCUT2D eigenvalue weighted by Gasteiger charge is -2.07. The van der Waals surface area contributed by atoms with Gasteiger partial charge in [0.2, 0.25) is 0 Å². The normalized spacial score (nSPS) is 9.83. The lowest BCUT2D eigenvalue weighted by molar-refractivity contribution is -0.149. The second-order valence-electron chi connectivity index (χ2n) is 6.10. The SMILES string of the molecule is [C-]#[N+]c1ccc(-c2ccc(OC(=O)CCCC(=O)OCCOC(=O)C=C)cc2)cc1. The summed E-state index contributed by atoms with van der Waals surface area (Å²) in [5, 5.41) is 0. The third-order valence-electron chi connectivity index (χ3n) is 3.93. The highest BCUT2D eigenvalue weighted by atomic mass is 16.6. The molecule has 2 aromatic carbocycles. The molecule has 30 heavy (non-hydrogen) atoms. The van der Waals surface area contributed by atoms with Crippen LogP contribution in [0.25, 0.3) is 16.0 Å². The van der Waals surface area contributed by atoms with Crippen molar-refractivity contribution < 1.29 is 28.6 Å². The Morgan fingerprint density at radius 2 is 1.43 bits per heavy atom. The van der Waals surface area contributed by atoms with Crippen LogP contribution in [0.2, 0.25) is 0 Å². The number of carbonyl (C=O) groups excluding carboxylic acids is 3. The maximum absolute atomic E-state index is 11.9. The first-order valence-corrected chi connectivity index (χ1v) is 9.25. The monoisotopic (exact) mass is 407 g/mol. The summed E-state index contributed by atoms with van der Waals surface area (Å²) >= 11 is 0. The Bertz CT molecular complexity index is 926. The van der Waals surface area contributed by atoms with Gasteiger partial charge in [0.05, 0.1) is 6.57 Å². The van der Waals surface area contributed by atoms with E-state index in [4.69, 9.17) is 16.0 Å². The third-order valence-corrected chi connectivity index (χ3v) is 3.93. The lowest BCUT2D eigenvalue weighted by atomic mass is 10.1. The van der Waals surface area contributed by atoms with Crippen LogP contribution >= 0.6 is 0 Å². The minimum Gasteiger partial charge on any atom is -0.462 e. The molecule has 2 rings (SSSR count). The van der Waals surface area contributed by atoms with Crippen LogP contribution in [0.1, 0.15) is 19.3 Å². The molecule has 0 aliphatic rings. The number of benzene rings is 2. The van der Waals surface area contributed by atoms with Gasteiger partial charge in [-0.2, -0.15) is 0 Å². The van der Waals surface area contributed by atoms with E-state index in [0.717, 1.165) is 17.2 Å². The van der Waals surface area contributed by atoms with E-state index in [9.17, 15) is 14.4 Å². The molecule has 0 saturated carbocycles. The van der Waals surface area contributed by atoms with Crippen molar-refractivity contribution >= 4 is 23.6 Å². The minimum absolute atomic E-state index is 0.0433. The Kier molecular flexibility index (Phi) is 8.81. The topological polar surface area (TPSA) is 83.3 Å². The second kappa shape index (κ2) is 11.8. The summed E-state index contributed by atoms with van der Waals surface area (Å²) in [4.78, 5) is 37.7. The van der Waals surface area contributed by atoms with E-state index in [1.807, 2.05) is 24.3 Å². The van der Waals surface area contributed by atoms with Gasteiger partial charge < -0.3 is 14.2 Å². The molecule has 0 amide bonds. The van der Waals surface area contributed by atoms with E-state index in [2.05, 4.69) is 16.2 Å². The number of esters is 3. The molecule has 154 valence electrons. The van der Waals surface area contributed by atoms with Crippen molar-refractivity contribution in [1.29, 1.82) is 0 Å². The molecule has 0 atom stereocenters. The summed E-state index contributed by atoms with van der Waals surface area (Å²) in [6.07, 6.45) is 1.44. The Labute approximate surface area is 174 Å². The molecule has 0 saturated heterocycles. The average Bonchev–Trinajstić information content (AvgIpc) is 2.77. The van der Waals surface area contributed by atoms with Gasteiger partial charge in [-0.15, -0.1) is 0 Å². The van der Waals surface area contributed by atoms with Crippen LogP contribution in [0.3, 0.4) is 0 Å². The summed E-state index contributed by atoms with van der Waals surface area (Å²) in [6, 6.07) is 14.2. The molecule has 0 radical (unpaired) electrons. The highest BCUT2D eigenvalue weighted by Crippen LogP contribution is 2.25. The average molecular weight is 407 g/mol. The van der Waals surface area contributed by atoms with Crippen molar-refractivity contribution in [2.45, 2.75) is 19.3 Å². The molecular weight excluding hydrogens is 386 g/mol. The predicted molar refractivity (Wildman–Crippen MR) is 110 cm³/mol. The maximum Gasteiger partial charge on any atom is 0.330 e. The molecule has 0 unspecified atom stereocenters. The van der Waals surface area contributed by atoms with Crippen LogP contribution < -0.4 is 4.74 Å². The van der Waals surface area contributed by atoms with Gasteiger partial charge in [-0.05, 0) is 29.7 Å². The van der Waals surface area contributed by atoms with Crippen molar-refractivity contribution in [1.82, 2.24) is 0 Å². The van der Waals surface area contributed by atoms with Gasteiger partial charge in [-0.3, -0.25) is 9.59 Å². The van der Waals surface area contributed by atoms with Crippen LogP contribution in [-0.4, -0.2) is 31.1 Å². The number of rotatable bonds is 10. The maximum atomic E-state index is 11.9. The predicted octanol–water partition coefficient (Wildman–Crippen LogP) is 4.25. The first-order chi connectivity index (χ1) is 14.5. The molecule has 0 aromatic heterocycles. The number of carbonyl (C=O) groups is 3. The molecule has 0 aliphatic carbocycles. The Morgan fingerprint density at radius 3 is 2.03 bits per heavy atom. The van der Waals surface area contributed by atoms with Gasteiger partial charge in [0.15, 0.2) is 5.69 Å². The molecule has 0 aliphatic heterocycles. The summed E-state index contributed by atoms with van der Waals surface area (Å²) in [7, 11) is 0. The highest BCUT2D eigenvalue weighted by Gasteiger charge is 2.09. The van der Waals surface area contributed by atoms with Crippen molar-refractivity contribution in [2.24, 2.45) is 0 Å². The zero-order valence-corrected chi connectivity index (χ0v) is 16.3. The van der Waals surface area contributed by atoms with Crippen LogP contribution in [0.5, 0.6) is 5.75 Å². The second-order valence-corrected chi connectivity index (χ2v) is 6.10. The fourth-order valence-electron chi connectivity index (χ4n) is 2.43. The van der Waals surface area contributed by atoms with Crippen molar-refractivity contribution in [3.63, 3.8) is 0 Å². The summed E-state index contributed by atoms with van der Waals surface area (Å²) < 4.78 is 14.8. The molecule has 7 heteroatoms. The minimum atomic E-state index is -0.583. The molecule has 7 nitrogen and oxygen atoms in total. The van der Waals surface area contributed by atoms with Gasteiger partial charge in [0, 0.05) is 18.9 Å². The summed E-state index contributed by atoms with van der Waals surface area (Å²) in [6.45, 7) is 10.1. The van der Waals surface area contributed by atoms with Crippen molar-refractivity contribution in [2.75, 3.05) is 13.2 Å². The van der Waals surface area contributed by atoms with Gasteiger partial charge in [-0.1, -0.05) is 43.0 Å². The van der Waals surface area contributed by atoms with E-state index >= 15 is 0 Å². The number of nitrogens with zero attached hydrogens (tertiary/aromatic N) is 1. The van der Waals surface area contributed by atoms with Gasteiger partial charge in [-0.25, -0.2) is 9.64 Å². The van der Waals surface area contributed by atoms with E-state index in [-0.39, 0.29) is 32.5 Å². The standard InChI is InChI=1S/C23H21NO6/c1-3-21(25)28-15-16-29-22(26)5-4-6-23(27)30-20-13-9-18(10-14-20)17-7-11-19(24-2)12-8-17/h3,7-14H,1,4-6,15-16H2. The van der Waals surface area contributed by atoms with Gasteiger partial charge in [0.1, 0.15) is 19.0 Å². The summed E-state index contributed by atoms with van der Waals surface area (Å²) in [5.41, 5.74) is 2.47. The van der Waals surface area contributed by atoms with Crippen molar-refractivity contribution in [3.8, 4) is 16.9 Å². The van der Waals surface area contributed by atoms with Crippen LogP contribution in [0.15, 0.2) is 61.2 Å². The number of hydrogen-bond acceptors (Lipinski definition) is 6. The molecular formula is C23H21NO6. The molecule has 0 fully saturated rings. The zero-order chi connectivity index (χ0) is 21.8. The van der Waals surface area contributed by atoms with Gasteiger partial charge >= 0.3 is 17.9 Å². The largest absolute Gasteiger partial charge is 0.462 e. The van der Waals surface area contributed by atoms with E-state index in [1.165, 1.54) is 0 Å². The van der Waals surface area contributed by atoms with E-state index in [0.29, 0.717) is 11.4 Å². The first kappa shape index (κ1) is 22.4. The smallest absolute Gasteiger partial charge is 0.330 e. The van der Waals surface area contributed by atoms with Gasteiger partial charge in [0.25, 0.3) is 0 Å². The quantitative estimate of drug-likeness (QED) is 0.192. The van der Waals surface area contributed by atoms with E-state index < -0.39 is 17.9 Å². The molecule has 0 bridgehead atoms. The fourth-order valence-corrected chi connectivity index (χ4v) is 2.43. The molecule has 0 N–H and O–H groups in total. The van der Waals surface area contributed by atoms with Crippen LogP contribution in [0.4, 0.5) is 5.69 Å². The fraction of sp³-hybridized carbons (Fsp3) is 0.217. The van der Waals surface area contributed by atoms with E-state index in [1.54, 1.807) is 24.3 Å². The Morgan fingerprint density at radius 1 is 0.867 bits per heavy atom. The third kappa shape index (κ3) is 7.60. The molecule has 2 aromatic rings. The first-order valence-electron chi connectivity index (χ1n) is 9.25. The summed E-state index contributed by atoms with van der Waals surface area (Å²) in [5.74, 6) is -1.10. The molecule has 0 heterocycles. The number of hydrogen-bond donors (Lipinski definition) is 0. The Balaban J connectivity index is 1.69. The lowest BCUT2D eigenvalue weighted by Crippen LogP contribution is -2.13. The Hall–Kier alpha value is -3.92. The molecule has 0 spiro atoms. The van der Waals surface area contributed by atoms with Crippen molar-refractivity contribution in [3.05, 3.63) is 72.6 Å². The highest BCUT2D eigenvalue weighted by molar-refractivity contribution is 5.81. The van der Waals surface area contributed by atoms with Crippen LogP contribution in [-0.2, 0) is 23.9 Å². The number of ether oxygens (including phenoxy) is 3.